The summed E-state index contributed by atoms with van der Waals surface area (Å²) in [6.45, 7) is 5.61. The molecule has 3 aliphatic rings. The number of ether oxygens (including phenoxy) is 3. The summed E-state index contributed by atoms with van der Waals surface area (Å²) in [6.07, 6.45) is 2.20. The number of fused-ring (bicyclic) bond motifs is 1. The molecule has 1 N–H and O–H groups in total. The molecule has 1 unspecified atom stereocenters. The molecule has 2 fully saturated rings. The van der Waals surface area contributed by atoms with Crippen LogP contribution in [0.4, 0.5) is 10.5 Å². The van der Waals surface area contributed by atoms with E-state index in [1.54, 1.807) is 24.0 Å². The zero-order valence-corrected chi connectivity index (χ0v) is 28.6. The van der Waals surface area contributed by atoms with E-state index in [9.17, 15) is 19.5 Å². The molecule has 0 saturated carbocycles. The fourth-order valence-electron chi connectivity index (χ4n) is 7.10. The summed E-state index contributed by atoms with van der Waals surface area (Å²) in [4.78, 5) is 47.4. The molecule has 3 amide bonds. The number of amides is 3. The fraction of sp³-hybridized carbons (Fsp3) is 0.571. The lowest BCUT2D eigenvalue weighted by atomic mass is 9.84. The standard InChI is InChI=1S/C35H49N5O7/c1-7-8-13-39(26-11-9-10-24(17-26)22-40(3,4)5)31(41)21-38-20-27(25-18-29(45-6)33-30(19-25)46-23-47-33)32(34(42)43)28(38)12-14-37-16-15-36(2)35(37)44/h9-11,17-19,27-28,32H,7-8,12-16,20-23H2,1-6H3/p+1/t27-,28+,32?/m1/s1. The van der Waals surface area contributed by atoms with Crippen LogP contribution in [0.1, 0.15) is 43.2 Å². The maximum absolute atomic E-state index is 14.3. The van der Waals surface area contributed by atoms with Gasteiger partial charge in [-0.15, -0.1) is 0 Å². The van der Waals surface area contributed by atoms with E-state index in [0.717, 1.165) is 40.7 Å². The number of quaternary nitrogens is 1. The molecule has 5 rings (SSSR count). The number of carboxylic acid groups (broad SMARTS) is 1. The van der Waals surface area contributed by atoms with E-state index in [2.05, 4.69) is 40.2 Å². The predicted octanol–water partition coefficient (Wildman–Crippen LogP) is 3.69. The van der Waals surface area contributed by atoms with E-state index in [0.29, 0.717) is 56.4 Å². The molecule has 2 aromatic rings. The van der Waals surface area contributed by atoms with E-state index >= 15 is 0 Å². The lowest BCUT2D eigenvalue weighted by Crippen LogP contribution is -2.46. The normalized spacial score (nSPS) is 21.1. The van der Waals surface area contributed by atoms with E-state index < -0.39 is 23.8 Å². The molecular formula is C35H50N5O7+. The first-order valence-electron chi connectivity index (χ1n) is 16.5. The summed E-state index contributed by atoms with van der Waals surface area (Å²) < 4.78 is 17.6. The average molecular weight is 653 g/mol. The van der Waals surface area contributed by atoms with Crippen LogP contribution in [0, 0.1) is 5.92 Å². The van der Waals surface area contributed by atoms with Crippen molar-refractivity contribution in [3.63, 3.8) is 0 Å². The summed E-state index contributed by atoms with van der Waals surface area (Å²) in [7, 11) is 9.73. The zero-order valence-electron chi connectivity index (χ0n) is 28.6. The molecule has 3 aliphatic heterocycles. The Kier molecular flexibility index (Phi) is 10.5. The van der Waals surface area contributed by atoms with Crippen LogP contribution in [-0.4, -0.2) is 130 Å². The molecule has 2 aromatic carbocycles. The van der Waals surface area contributed by atoms with Crippen molar-refractivity contribution in [3.8, 4) is 17.2 Å². The Hall–Kier alpha value is -4.03. The Morgan fingerprint density at radius 2 is 1.91 bits per heavy atom. The summed E-state index contributed by atoms with van der Waals surface area (Å²) in [6, 6.07) is 11.3. The second-order valence-electron chi connectivity index (χ2n) is 13.9. The molecule has 0 aromatic heterocycles. The van der Waals surface area contributed by atoms with Crippen molar-refractivity contribution in [1.82, 2.24) is 14.7 Å². The lowest BCUT2D eigenvalue weighted by molar-refractivity contribution is -0.884. The third-order valence-electron chi connectivity index (χ3n) is 9.39. The number of carbonyl (C=O) groups excluding carboxylic acids is 2. The van der Waals surface area contributed by atoms with Crippen molar-refractivity contribution < 1.29 is 38.2 Å². The van der Waals surface area contributed by atoms with Crippen molar-refractivity contribution in [2.75, 3.05) is 86.3 Å². The Bertz CT molecular complexity index is 1460. The maximum atomic E-state index is 14.3. The lowest BCUT2D eigenvalue weighted by Gasteiger charge is -2.31. The molecule has 0 radical (unpaired) electrons. The van der Waals surface area contributed by atoms with E-state index in [1.807, 2.05) is 34.1 Å². The van der Waals surface area contributed by atoms with Crippen LogP contribution < -0.4 is 19.1 Å². The summed E-state index contributed by atoms with van der Waals surface area (Å²) in [5.74, 6) is -0.776. The Morgan fingerprint density at radius 3 is 2.57 bits per heavy atom. The Morgan fingerprint density at radius 1 is 1.13 bits per heavy atom. The number of anilines is 1. The monoisotopic (exact) mass is 652 g/mol. The van der Waals surface area contributed by atoms with Gasteiger partial charge in [0.25, 0.3) is 0 Å². The number of hydrogen-bond acceptors (Lipinski definition) is 7. The van der Waals surface area contributed by atoms with Gasteiger partial charge in [0.05, 0.1) is 40.7 Å². The second-order valence-corrected chi connectivity index (χ2v) is 13.9. The third kappa shape index (κ3) is 7.76. The second kappa shape index (κ2) is 14.4. The molecular weight excluding hydrogens is 602 g/mol. The molecule has 47 heavy (non-hydrogen) atoms. The number of urea groups is 1. The van der Waals surface area contributed by atoms with Crippen molar-refractivity contribution in [1.29, 1.82) is 0 Å². The van der Waals surface area contributed by atoms with Crippen LogP contribution in [0.5, 0.6) is 17.2 Å². The van der Waals surface area contributed by atoms with Gasteiger partial charge in [0.1, 0.15) is 6.54 Å². The number of benzene rings is 2. The van der Waals surface area contributed by atoms with Crippen molar-refractivity contribution >= 4 is 23.6 Å². The first-order chi connectivity index (χ1) is 22.4. The molecule has 0 aliphatic carbocycles. The van der Waals surface area contributed by atoms with Gasteiger partial charge in [-0.25, -0.2) is 4.79 Å². The number of likely N-dealkylation sites (N-methyl/N-ethyl adjacent to an activating group) is 1. The largest absolute Gasteiger partial charge is 0.493 e. The van der Waals surface area contributed by atoms with E-state index in [1.165, 1.54) is 0 Å². The van der Waals surface area contributed by atoms with Gasteiger partial charge < -0.3 is 38.5 Å². The van der Waals surface area contributed by atoms with Gasteiger partial charge in [-0.3, -0.25) is 14.5 Å². The van der Waals surface area contributed by atoms with Gasteiger partial charge in [0.15, 0.2) is 11.5 Å². The van der Waals surface area contributed by atoms with Crippen LogP contribution in [-0.2, 0) is 16.1 Å². The fourth-order valence-corrected chi connectivity index (χ4v) is 7.10. The molecule has 12 heteroatoms. The number of likely N-dealkylation sites (tertiary alicyclic amines) is 1. The predicted molar refractivity (Wildman–Crippen MR) is 178 cm³/mol. The van der Waals surface area contributed by atoms with Crippen LogP contribution >= 0.6 is 0 Å². The number of rotatable bonds is 14. The van der Waals surface area contributed by atoms with Gasteiger partial charge in [-0.2, -0.15) is 0 Å². The topological polar surface area (TPSA) is 112 Å². The molecule has 0 spiro atoms. The highest BCUT2D eigenvalue weighted by molar-refractivity contribution is 5.95. The van der Waals surface area contributed by atoms with Gasteiger partial charge in [0, 0.05) is 63.0 Å². The number of methoxy groups -OCH3 is 1. The Labute approximate surface area is 277 Å². The molecule has 3 atom stereocenters. The minimum absolute atomic E-state index is 0.0593. The first-order valence-corrected chi connectivity index (χ1v) is 16.5. The van der Waals surface area contributed by atoms with Gasteiger partial charge in [0.2, 0.25) is 18.4 Å². The van der Waals surface area contributed by atoms with Gasteiger partial charge in [-0.05, 0) is 42.7 Å². The number of hydrogen-bond donors (Lipinski definition) is 1. The number of unbranched alkanes of at least 4 members (excludes halogenated alkanes) is 1. The summed E-state index contributed by atoms with van der Waals surface area (Å²) in [5.41, 5.74) is 2.75. The number of carbonyl (C=O) groups is 3. The van der Waals surface area contributed by atoms with Gasteiger partial charge >= 0.3 is 12.0 Å². The SMILES string of the molecule is CCCCN(C(=O)CN1C[C@H](c2cc(OC)c3c(c2)OCO3)C(C(=O)O)[C@@H]1CCN1CCN(C)C1=O)c1cccc(C[N+](C)(C)C)c1. The molecule has 2 saturated heterocycles. The summed E-state index contributed by atoms with van der Waals surface area (Å²) >= 11 is 0. The highest BCUT2D eigenvalue weighted by Gasteiger charge is 2.48. The molecule has 256 valence electrons. The zero-order chi connectivity index (χ0) is 33.9. The van der Waals surface area contributed by atoms with Crippen molar-refractivity contribution in [3.05, 3.63) is 47.5 Å². The highest BCUT2D eigenvalue weighted by Crippen LogP contribution is 2.47. The van der Waals surface area contributed by atoms with Crippen LogP contribution in [0.3, 0.4) is 0 Å². The van der Waals surface area contributed by atoms with Crippen molar-refractivity contribution in [2.24, 2.45) is 5.92 Å². The maximum Gasteiger partial charge on any atom is 0.319 e. The number of carboxylic acids is 1. The summed E-state index contributed by atoms with van der Waals surface area (Å²) in [5, 5.41) is 10.7. The van der Waals surface area contributed by atoms with Gasteiger partial charge in [-0.1, -0.05) is 25.5 Å². The van der Waals surface area contributed by atoms with Crippen LogP contribution in [0.15, 0.2) is 36.4 Å². The highest BCUT2D eigenvalue weighted by atomic mass is 16.7. The quantitative estimate of drug-likeness (QED) is 0.308. The van der Waals surface area contributed by atoms with E-state index in [4.69, 9.17) is 14.2 Å². The molecule has 12 nitrogen and oxygen atoms in total. The smallest absolute Gasteiger partial charge is 0.319 e. The van der Waals surface area contributed by atoms with Crippen LogP contribution in [0.25, 0.3) is 0 Å². The minimum Gasteiger partial charge on any atom is -0.493 e. The number of nitrogens with zero attached hydrogens (tertiary/aromatic N) is 5. The molecule has 3 heterocycles. The number of aliphatic carboxylic acids is 1. The Balaban J connectivity index is 1.46. The minimum atomic E-state index is -0.938. The van der Waals surface area contributed by atoms with Crippen LogP contribution in [0.2, 0.25) is 0 Å². The van der Waals surface area contributed by atoms with E-state index in [-0.39, 0.29) is 25.3 Å². The molecule has 0 bridgehead atoms. The average Bonchev–Trinajstić information content (AvgIpc) is 3.72. The van der Waals surface area contributed by atoms with Crippen molar-refractivity contribution in [2.45, 2.75) is 44.7 Å². The third-order valence-corrected chi connectivity index (χ3v) is 9.39. The first kappa shape index (κ1) is 34.3.